The van der Waals surface area contributed by atoms with Crippen molar-refractivity contribution in [2.75, 3.05) is 25.0 Å². The molecular formula is C19H31N3O2. The van der Waals surface area contributed by atoms with Crippen LogP contribution in [0.15, 0.2) is 18.3 Å². The van der Waals surface area contributed by atoms with Gasteiger partial charge in [0.15, 0.2) is 0 Å². The summed E-state index contributed by atoms with van der Waals surface area (Å²) in [5.41, 5.74) is 0.724. The van der Waals surface area contributed by atoms with E-state index in [9.17, 15) is 4.79 Å². The van der Waals surface area contributed by atoms with Gasteiger partial charge in [-0.25, -0.2) is 9.78 Å². The first kappa shape index (κ1) is 18.7. The lowest BCUT2D eigenvalue weighted by atomic mass is 10.1. The van der Waals surface area contributed by atoms with E-state index < -0.39 is 5.60 Å². The Bertz CT molecular complexity index is 549. The summed E-state index contributed by atoms with van der Waals surface area (Å²) in [6, 6.07) is 4.44. The highest BCUT2D eigenvalue weighted by molar-refractivity contribution is 5.85. The van der Waals surface area contributed by atoms with Crippen LogP contribution < -0.4 is 4.90 Å². The number of hydrogen-bond acceptors (Lipinski definition) is 4. The van der Waals surface area contributed by atoms with E-state index in [0.29, 0.717) is 17.8 Å². The smallest absolute Gasteiger partial charge is 0.415 e. The van der Waals surface area contributed by atoms with E-state index in [2.05, 4.69) is 29.8 Å². The predicted octanol–water partition coefficient (Wildman–Crippen LogP) is 4.25. The number of amides is 1. The van der Waals surface area contributed by atoms with E-state index >= 15 is 0 Å². The van der Waals surface area contributed by atoms with E-state index in [-0.39, 0.29) is 6.09 Å². The van der Waals surface area contributed by atoms with Crippen molar-refractivity contribution in [2.45, 2.75) is 59.1 Å². The topological polar surface area (TPSA) is 45.7 Å². The van der Waals surface area contributed by atoms with Crippen LogP contribution in [0.2, 0.25) is 0 Å². The normalized spacial score (nSPS) is 18.9. The van der Waals surface area contributed by atoms with Gasteiger partial charge in [0.2, 0.25) is 0 Å². The quantitative estimate of drug-likeness (QED) is 0.826. The molecule has 0 N–H and O–H groups in total. The second-order valence-electron chi connectivity index (χ2n) is 8.04. The Morgan fingerprint density at radius 1 is 1.42 bits per heavy atom. The number of carbonyl (C=O) groups excluding carboxylic acids is 1. The maximum atomic E-state index is 12.1. The maximum Gasteiger partial charge on any atom is 0.415 e. The second kappa shape index (κ2) is 7.51. The minimum Gasteiger partial charge on any atom is -0.443 e. The van der Waals surface area contributed by atoms with Gasteiger partial charge in [-0.3, -0.25) is 9.80 Å². The molecule has 1 aromatic heterocycles. The zero-order valence-electron chi connectivity index (χ0n) is 15.9. The van der Waals surface area contributed by atoms with Crippen LogP contribution in [0.3, 0.4) is 0 Å². The Morgan fingerprint density at radius 3 is 2.67 bits per heavy atom. The fourth-order valence-electron chi connectivity index (χ4n) is 3.11. The molecule has 1 aliphatic heterocycles. The van der Waals surface area contributed by atoms with E-state index in [0.717, 1.165) is 13.1 Å². The third-order valence-corrected chi connectivity index (χ3v) is 4.13. The Morgan fingerprint density at radius 2 is 2.12 bits per heavy atom. The van der Waals surface area contributed by atoms with E-state index in [1.807, 2.05) is 33.0 Å². The van der Waals surface area contributed by atoms with Crippen LogP contribution in [0.1, 0.15) is 59.1 Å². The number of ether oxygens (including phenoxy) is 1. The monoisotopic (exact) mass is 333 g/mol. The standard InChI is InChI=1S/C19H31N3O2/c1-14(2)13-22-11-7-8-16(22)15-9-10-17(20-12-15)21(6)18(23)24-19(3,4)5/h9-10,12,14,16H,7-8,11,13H2,1-6H3/t16-/m0/s1. The van der Waals surface area contributed by atoms with Crippen LogP contribution in [0.25, 0.3) is 0 Å². The molecular weight excluding hydrogens is 302 g/mol. The molecule has 0 spiro atoms. The highest BCUT2D eigenvalue weighted by Crippen LogP contribution is 2.32. The van der Waals surface area contributed by atoms with Crippen LogP contribution in [0.5, 0.6) is 0 Å². The summed E-state index contributed by atoms with van der Waals surface area (Å²) in [6.45, 7) is 12.4. The SMILES string of the molecule is CC(C)CN1CCC[C@H]1c1ccc(N(C)C(=O)OC(C)(C)C)nc1. The van der Waals surface area contributed by atoms with Gasteiger partial charge in [-0.15, -0.1) is 0 Å². The minimum atomic E-state index is -0.507. The van der Waals surface area contributed by atoms with Crippen LogP contribution in [-0.4, -0.2) is 41.7 Å². The third-order valence-electron chi connectivity index (χ3n) is 4.13. The van der Waals surface area contributed by atoms with Gasteiger partial charge in [0.05, 0.1) is 0 Å². The molecule has 5 heteroatoms. The highest BCUT2D eigenvalue weighted by atomic mass is 16.6. The lowest BCUT2D eigenvalue weighted by Crippen LogP contribution is -2.34. The number of carbonyl (C=O) groups is 1. The van der Waals surface area contributed by atoms with Gasteiger partial charge in [-0.2, -0.15) is 0 Å². The van der Waals surface area contributed by atoms with Gasteiger partial charge in [0, 0.05) is 25.8 Å². The molecule has 0 unspecified atom stereocenters. The molecule has 24 heavy (non-hydrogen) atoms. The molecule has 1 atom stereocenters. The predicted molar refractivity (Wildman–Crippen MR) is 97.3 cm³/mol. The number of rotatable bonds is 4. The molecule has 1 fully saturated rings. The molecule has 0 saturated carbocycles. The fraction of sp³-hybridized carbons (Fsp3) is 0.684. The van der Waals surface area contributed by atoms with Crippen LogP contribution >= 0.6 is 0 Å². The molecule has 1 aliphatic rings. The largest absolute Gasteiger partial charge is 0.443 e. The average Bonchev–Trinajstić information content (AvgIpc) is 2.92. The molecule has 2 heterocycles. The summed E-state index contributed by atoms with van der Waals surface area (Å²) >= 11 is 0. The number of nitrogens with zero attached hydrogens (tertiary/aromatic N) is 3. The Balaban J connectivity index is 2.06. The van der Waals surface area contributed by atoms with Crippen molar-refractivity contribution < 1.29 is 9.53 Å². The molecule has 0 aliphatic carbocycles. The van der Waals surface area contributed by atoms with Crippen molar-refractivity contribution in [1.82, 2.24) is 9.88 Å². The van der Waals surface area contributed by atoms with Gasteiger partial charge >= 0.3 is 6.09 Å². The van der Waals surface area contributed by atoms with E-state index in [1.54, 1.807) is 7.05 Å². The van der Waals surface area contributed by atoms with E-state index in [1.165, 1.54) is 23.3 Å². The van der Waals surface area contributed by atoms with Gasteiger partial charge in [-0.05, 0) is 57.7 Å². The average molecular weight is 333 g/mol. The summed E-state index contributed by atoms with van der Waals surface area (Å²) in [5.74, 6) is 1.28. The zero-order chi connectivity index (χ0) is 17.9. The highest BCUT2D eigenvalue weighted by Gasteiger charge is 2.27. The van der Waals surface area contributed by atoms with Crippen molar-refractivity contribution in [1.29, 1.82) is 0 Å². The van der Waals surface area contributed by atoms with Gasteiger partial charge in [0.1, 0.15) is 11.4 Å². The minimum absolute atomic E-state index is 0.384. The third kappa shape index (κ3) is 4.94. The molecule has 0 bridgehead atoms. The van der Waals surface area contributed by atoms with Crippen LogP contribution in [-0.2, 0) is 4.74 Å². The van der Waals surface area contributed by atoms with Crippen molar-refractivity contribution in [3.63, 3.8) is 0 Å². The number of aromatic nitrogens is 1. The molecule has 0 radical (unpaired) electrons. The fourth-order valence-corrected chi connectivity index (χ4v) is 3.11. The number of hydrogen-bond donors (Lipinski definition) is 0. The lowest BCUT2D eigenvalue weighted by molar-refractivity contribution is 0.0588. The van der Waals surface area contributed by atoms with E-state index in [4.69, 9.17) is 4.74 Å². The Labute approximate surface area is 146 Å². The molecule has 1 aromatic rings. The number of anilines is 1. The summed E-state index contributed by atoms with van der Waals surface area (Å²) < 4.78 is 5.38. The van der Waals surface area contributed by atoms with Crippen molar-refractivity contribution >= 4 is 11.9 Å². The first-order valence-electron chi connectivity index (χ1n) is 8.84. The zero-order valence-corrected chi connectivity index (χ0v) is 15.9. The first-order valence-corrected chi connectivity index (χ1v) is 8.84. The summed E-state index contributed by atoms with van der Waals surface area (Å²) in [6.07, 6.45) is 3.93. The maximum absolute atomic E-state index is 12.1. The van der Waals surface area contributed by atoms with Crippen LogP contribution in [0, 0.1) is 5.92 Å². The van der Waals surface area contributed by atoms with Crippen molar-refractivity contribution in [2.24, 2.45) is 5.92 Å². The Kier molecular flexibility index (Phi) is 5.86. The molecule has 1 amide bonds. The molecule has 2 rings (SSSR count). The second-order valence-corrected chi connectivity index (χ2v) is 8.04. The lowest BCUT2D eigenvalue weighted by Gasteiger charge is -2.27. The van der Waals surface area contributed by atoms with Crippen LogP contribution in [0.4, 0.5) is 10.6 Å². The Hall–Kier alpha value is -1.62. The first-order chi connectivity index (χ1) is 11.2. The number of pyridine rings is 1. The summed E-state index contributed by atoms with van der Waals surface area (Å²) in [5, 5.41) is 0. The summed E-state index contributed by atoms with van der Waals surface area (Å²) in [4.78, 5) is 20.6. The summed E-state index contributed by atoms with van der Waals surface area (Å²) in [7, 11) is 1.69. The van der Waals surface area contributed by atoms with Crippen molar-refractivity contribution in [3.8, 4) is 0 Å². The molecule has 1 saturated heterocycles. The van der Waals surface area contributed by atoms with Gasteiger partial charge in [-0.1, -0.05) is 19.9 Å². The van der Waals surface area contributed by atoms with Gasteiger partial charge in [0.25, 0.3) is 0 Å². The number of likely N-dealkylation sites (tertiary alicyclic amines) is 1. The molecule has 134 valence electrons. The molecule has 0 aromatic carbocycles. The van der Waals surface area contributed by atoms with Gasteiger partial charge < -0.3 is 4.74 Å². The van der Waals surface area contributed by atoms with Crippen molar-refractivity contribution in [3.05, 3.63) is 23.9 Å². The molecule has 5 nitrogen and oxygen atoms in total.